The highest BCUT2D eigenvalue weighted by Gasteiger charge is 2.33. The maximum Gasteiger partial charge on any atom is 0.350 e. The van der Waals surface area contributed by atoms with Gasteiger partial charge in [0.1, 0.15) is 4.88 Å². The summed E-state index contributed by atoms with van der Waals surface area (Å²) in [7, 11) is 0. The number of rotatable bonds is 6. The Bertz CT molecular complexity index is 438. The first-order chi connectivity index (χ1) is 8.69. The molecular formula is C13H20N2O2S. The van der Waals surface area contributed by atoms with Crippen molar-refractivity contribution in [3.63, 3.8) is 0 Å². The number of hydrogen-bond donors (Lipinski definition) is 2. The van der Waals surface area contributed by atoms with Crippen molar-refractivity contribution in [3.8, 4) is 0 Å². The molecule has 0 saturated heterocycles. The molecule has 1 aromatic rings. The van der Waals surface area contributed by atoms with Crippen LogP contribution in [0.5, 0.6) is 0 Å². The van der Waals surface area contributed by atoms with Crippen LogP contribution in [0.15, 0.2) is 0 Å². The van der Waals surface area contributed by atoms with E-state index >= 15 is 0 Å². The van der Waals surface area contributed by atoms with Gasteiger partial charge in [-0.25, -0.2) is 4.79 Å². The average Bonchev–Trinajstić information content (AvgIpc) is 3.12. The summed E-state index contributed by atoms with van der Waals surface area (Å²) in [6, 6.07) is 0. The number of esters is 1. The molecule has 5 heteroatoms. The normalized spacial score (nSPS) is 14.6. The number of anilines is 2. The first kappa shape index (κ1) is 13.2. The molecule has 1 fully saturated rings. The molecule has 0 atom stereocenters. The molecule has 1 saturated carbocycles. The van der Waals surface area contributed by atoms with Crippen molar-refractivity contribution in [3.05, 3.63) is 10.4 Å². The molecule has 100 valence electrons. The number of nitrogens with two attached hydrogens (primary N) is 1. The van der Waals surface area contributed by atoms with E-state index in [9.17, 15) is 4.79 Å². The van der Waals surface area contributed by atoms with Crippen LogP contribution in [-0.2, 0) is 4.74 Å². The van der Waals surface area contributed by atoms with Crippen LogP contribution in [0.2, 0.25) is 0 Å². The van der Waals surface area contributed by atoms with Gasteiger partial charge >= 0.3 is 5.97 Å². The molecule has 1 aliphatic carbocycles. The molecule has 0 bridgehead atoms. The molecule has 4 nitrogen and oxygen atoms in total. The van der Waals surface area contributed by atoms with Crippen molar-refractivity contribution >= 4 is 28.0 Å². The lowest BCUT2D eigenvalue weighted by Crippen LogP contribution is -2.05. The highest BCUT2D eigenvalue weighted by molar-refractivity contribution is 7.18. The Morgan fingerprint density at radius 2 is 2.22 bits per heavy atom. The van der Waals surface area contributed by atoms with Crippen LogP contribution in [0.1, 0.15) is 54.3 Å². The second-order valence-electron chi connectivity index (χ2n) is 4.51. The van der Waals surface area contributed by atoms with E-state index in [2.05, 4.69) is 12.2 Å². The van der Waals surface area contributed by atoms with Crippen LogP contribution >= 0.6 is 11.3 Å². The Balaban J connectivity index is 2.27. The van der Waals surface area contributed by atoms with Crippen molar-refractivity contribution in [2.45, 2.75) is 39.0 Å². The third kappa shape index (κ3) is 2.61. The van der Waals surface area contributed by atoms with Gasteiger partial charge in [-0.2, -0.15) is 0 Å². The third-order valence-corrected chi connectivity index (χ3v) is 4.12. The maximum atomic E-state index is 11.8. The van der Waals surface area contributed by atoms with Gasteiger partial charge in [-0.1, -0.05) is 6.92 Å². The van der Waals surface area contributed by atoms with Gasteiger partial charge < -0.3 is 15.8 Å². The van der Waals surface area contributed by atoms with E-state index < -0.39 is 0 Å². The van der Waals surface area contributed by atoms with Gasteiger partial charge in [0.25, 0.3) is 0 Å². The number of carbonyl (C=O) groups excluding carboxylic acids is 1. The van der Waals surface area contributed by atoms with Gasteiger partial charge in [0.2, 0.25) is 0 Å². The van der Waals surface area contributed by atoms with E-state index in [-0.39, 0.29) is 5.97 Å². The number of hydrogen-bond acceptors (Lipinski definition) is 5. The highest BCUT2D eigenvalue weighted by Crippen LogP contribution is 2.50. The fourth-order valence-electron chi connectivity index (χ4n) is 1.95. The van der Waals surface area contributed by atoms with E-state index in [0.717, 1.165) is 23.5 Å². The molecule has 1 aliphatic rings. The fourth-order valence-corrected chi connectivity index (χ4v) is 3.08. The Morgan fingerprint density at radius 1 is 1.50 bits per heavy atom. The fraction of sp³-hybridized carbons (Fsp3) is 0.615. The van der Waals surface area contributed by atoms with Gasteiger partial charge in [0.05, 0.1) is 17.3 Å². The molecule has 0 unspecified atom stereocenters. The molecule has 0 aromatic carbocycles. The molecular weight excluding hydrogens is 248 g/mol. The minimum Gasteiger partial charge on any atom is -0.462 e. The maximum absolute atomic E-state index is 11.8. The van der Waals surface area contributed by atoms with Crippen LogP contribution in [0.3, 0.4) is 0 Å². The Morgan fingerprint density at radius 3 is 2.78 bits per heavy atom. The summed E-state index contributed by atoms with van der Waals surface area (Å²) in [5.41, 5.74) is 7.88. The predicted octanol–water partition coefficient (Wildman–Crippen LogP) is 3.21. The van der Waals surface area contributed by atoms with Crippen LogP contribution in [0.4, 0.5) is 10.7 Å². The van der Waals surface area contributed by atoms with Crippen molar-refractivity contribution in [2.75, 3.05) is 24.2 Å². The minimum atomic E-state index is -0.300. The SMILES string of the molecule is CCCNc1sc(C(=O)OCC)c(N)c1C1CC1. The molecule has 0 radical (unpaired) electrons. The zero-order chi connectivity index (χ0) is 13.1. The standard InChI is InChI=1S/C13H20N2O2S/c1-3-7-15-12-9(8-5-6-8)10(14)11(18-12)13(16)17-4-2/h8,15H,3-7,14H2,1-2H3. The molecule has 18 heavy (non-hydrogen) atoms. The Hall–Kier alpha value is -1.23. The molecule has 0 aliphatic heterocycles. The van der Waals surface area contributed by atoms with Gasteiger partial charge in [-0.05, 0) is 32.1 Å². The summed E-state index contributed by atoms with van der Waals surface area (Å²) in [6.07, 6.45) is 3.39. The van der Waals surface area contributed by atoms with Crippen molar-refractivity contribution in [1.82, 2.24) is 0 Å². The largest absolute Gasteiger partial charge is 0.462 e. The van der Waals surface area contributed by atoms with Crippen LogP contribution in [-0.4, -0.2) is 19.1 Å². The number of carbonyl (C=O) groups is 1. The summed E-state index contributed by atoms with van der Waals surface area (Å²) >= 11 is 1.43. The van der Waals surface area contributed by atoms with Crippen LogP contribution in [0, 0.1) is 0 Å². The quantitative estimate of drug-likeness (QED) is 0.778. The van der Waals surface area contributed by atoms with Gasteiger partial charge in [-0.15, -0.1) is 11.3 Å². The van der Waals surface area contributed by atoms with E-state index in [1.54, 1.807) is 6.92 Å². The van der Waals surface area contributed by atoms with Gasteiger partial charge in [0, 0.05) is 12.1 Å². The molecule has 0 spiro atoms. The first-order valence-corrected chi connectivity index (χ1v) is 7.33. The summed E-state index contributed by atoms with van der Waals surface area (Å²) in [5.74, 6) is 0.232. The van der Waals surface area contributed by atoms with E-state index in [4.69, 9.17) is 10.5 Å². The highest BCUT2D eigenvalue weighted by atomic mass is 32.1. The zero-order valence-corrected chi connectivity index (χ0v) is 11.7. The molecule has 3 N–H and O–H groups in total. The van der Waals surface area contributed by atoms with Gasteiger partial charge in [0.15, 0.2) is 0 Å². The number of nitrogens with one attached hydrogen (secondary N) is 1. The number of thiophene rings is 1. The summed E-state index contributed by atoms with van der Waals surface area (Å²) < 4.78 is 5.05. The van der Waals surface area contributed by atoms with E-state index in [1.165, 1.54) is 24.2 Å². The van der Waals surface area contributed by atoms with Crippen LogP contribution in [0.25, 0.3) is 0 Å². The minimum absolute atomic E-state index is 0.300. The number of nitrogen functional groups attached to an aromatic ring is 1. The van der Waals surface area contributed by atoms with Crippen molar-refractivity contribution < 1.29 is 9.53 Å². The lowest BCUT2D eigenvalue weighted by atomic mass is 10.1. The lowest BCUT2D eigenvalue weighted by Gasteiger charge is -2.05. The topological polar surface area (TPSA) is 64.3 Å². The molecule has 2 rings (SSSR count). The van der Waals surface area contributed by atoms with E-state index in [0.29, 0.717) is 23.1 Å². The summed E-state index contributed by atoms with van der Waals surface area (Å²) in [6.45, 7) is 5.21. The second kappa shape index (κ2) is 5.61. The van der Waals surface area contributed by atoms with Gasteiger partial charge in [-0.3, -0.25) is 0 Å². The average molecular weight is 268 g/mol. The number of ether oxygens (including phenoxy) is 1. The summed E-state index contributed by atoms with van der Waals surface area (Å²) in [4.78, 5) is 12.4. The second-order valence-corrected chi connectivity index (χ2v) is 5.53. The summed E-state index contributed by atoms with van der Waals surface area (Å²) in [5, 5.41) is 4.43. The van der Waals surface area contributed by atoms with Crippen molar-refractivity contribution in [2.24, 2.45) is 0 Å². The first-order valence-electron chi connectivity index (χ1n) is 6.52. The molecule has 1 heterocycles. The third-order valence-electron chi connectivity index (χ3n) is 2.97. The van der Waals surface area contributed by atoms with Crippen LogP contribution < -0.4 is 11.1 Å². The van der Waals surface area contributed by atoms with Crippen molar-refractivity contribution in [1.29, 1.82) is 0 Å². The predicted molar refractivity (Wildman–Crippen MR) is 75.4 cm³/mol. The lowest BCUT2D eigenvalue weighted by molar-refractivity contribution is 0.0533. The smallest absolute Gasteiger partial charge is 0.350 e. The van der Waals surface area contributed by atoms with E-state index in [1.807, 2.05) is 0 Å². The molecule has 0 amide bonds. The Labute approximate surface area is 112 Å². The molecule has 1 aromatic heterocycles. The monoisotopic (exact) mass is 268 g/mol. The zero-order valence-electron chi connectivity index (χ0n) is 10.9. The Kier molecular flexibility index (Phi) is 4.11.